The Bertz CT molecular complexity index is 1320. The SMILES string of the molecule is CS(=O)(=O)Nc1cccc(-c2nc3ccccc3n2Cc2ccc(Cl)cc2Cl)c1. The highest BCUT2D eigenvalue weighted by atomic mass is 35.5. The molecule has 0 saturated carbocycles. The van der Waals surface area contributed by atoms with E-state index in [1.807, 2.05) is 36.4 Å². The van der Waals surface area contributed by atoms with Crippen LogP contribution >= 0.6 is 23.2 Å². The Balaban J connectivity index is 1.85. The van der Waals surface area contributed by atoms with Crippen LogP contribution in [-0.2, 0) is 16.6 Å². The van der Waals surface area contributed by atoms with Gasteiger partial charge in [0.25, 0.3) is 0 Å². The number of imidazole rings is 1. The quantitative estimate of drug-likeness (QED) is 0.445. The fraction of sp³-hybridized carbons (Fsp3) is 0.0952. The summed E-state index contributed by atoms with van der Waals surface area (Å²) in [5, 5.41) is 1.16. The molecular weight excluding hydrogens is 429 g/mol. The summed E-state index contributed by atoms with van der Waals surface area (Å²) in [7, 11) is -3.38. The normalized spacial score (nSPS) is 11.7. The Labute approximate surface area is 179 Å². The predicted molar refractivity (Wildman–Crippen MR) is 119 cm³/mol. The molecule has 0 unspecified atom stereocenters. The van der Waals surface area contributed by atoms with E-state index in [1.54, 1.807) is 30.3 Å². The van der Waals surface area contributed by atoms with Crippen molar-refractivity contribution in [1.82, 2.24) is 9.55 Å². The van der Waals surface area contributed by atoms with E-state index in [4.69, 9.17) is 28.2 Å². The lowest BCUT2D eigenvalue weighted by molar-refractivity contribution is 0.607. The minimum atomic E-state index is -3.38. The first-order valence-electron chi connectivity index (χ1n) is 8.77. The maximum absolute atomic E-state index is 11.6. The molecule has 0 bridgehead atoms. The number of hydrogen-bond donors (Lipinski definition) is 1. The molecule has 0 amide bonds. The molecule has 0 spiro atoms. The third-order valence-corrected chi connectivity index (χ3v) is 5.62. The highest BCUT2D eigenvalue weighted by molar-refractivity contribution is 7.92. The smallest absolute Gasteiger partial charge is 0.229 e. The number of anilines is 1. The standard InChI is InChI=1S/C21H17Cl2N3O2S/c1-29(27,28)25-17-6-4-5-14(11-17)21-24-19-7-2-3-8-20(19)26(21)13-15-9-10-16(22)12-18(15)23/h2-12,25H,13H2,1H3. The Morgan fingerprint density at radius 2 is 1.79 bits per heavy atom. The van der Waals surface area contributed by atoms with E-state index >= 15 is 0 Å². The van der Waals surface area contributed by atoms with Gasteiger partial charge in [-0.15, -0.1) is 0 Å². The maximum atomic E-state index is 11.6. The van der Waals surface area contributed by atoms with Gasteiger partial charge in [0.15, 0.2) is 0 Å². The van der Waals surface area contributed by atoms with Crippen LogP contribution < -0.4 is 4.72 Å². The van der Waals surface area contributed by atoms with Crippen LogP contribution in [0.15, 0.2) is 66.7 Å². The number of fused-ring (bicyclic) bond motifs is 1. The molecule has 5 nitrogen and oxygen atoms in total. The van der Waals surface area contributed by atoms with E-state index in [-0.39, 0.29) is 0 Å². The molecule has 1 aromatic heterocycles. The van der Waals surface area contributed by atoms with E-state index in [1.165, 1.54) is 0 Å². The van der Waals surface area contributed by atoms with Crippen molar-refractivity contribution in [3.63, 3.8) is 0 Å². The third-order valence-electron chi connectivity index (χ3n) is 4.42. The molecule has 0 aliphatic heterocycles. The molecule has 0 fully saturated rings. The van der Waals surface area contributed by atoms with Gasteiger partial charge in [-0.05, 0) is 42.0 Å². The zero-order chi connectivity index (χ0) is 20.6. The first-order valence-corrected chi connectivity index (χ1v) is 11.4. The number of aromatic nitrogens is 2. The van der Waals surface area contributed by atoms with Crippen LogP contribution in [0, 0.1) is 0 Å². The molecule has 0 atom stereocenters. The summed E-state index contributed by atoms with van der Waals surface area (Å²) in [4.78, 5) is 4.78. The molecule has 1 N–H and O–H groups in total. The Morgan fingerprint density at radius 1 is 1.00 bits per heavy atom. The minimum Gasteiger partial charge on any atom is -0.319 e. The molecule has 0 radical (unpaired) electrons. The number of hydrogen-bond acceptors (Lipinski definition) is 3. The van der Waals surface area contributed by atoms with Crippen molar-refractivity contribution >= 4 is 49.9 Å². The number of nitrogens with one attached hydrogen (secondary N) is 1. The monoisotopic (exact) mass is 445 g/mol. The third kappa shape index (κ3) is 4.40. The second kappa shape index (κ2) is 7.71. The van der Waals surface area contributed by atoms with Gasteiger partial charge in [-0.1, -0.05) is 53.5 Å². The lowest BCUT2D eigenvalue weighted by Crippen LogP contribution is -2.09. The van der Waals surface area contributed by atoms with Gasteiger partial charge in [-0.2, -0.15) is 0 Å². The summed E-state index contributed by atoms with van der Waals surface area (Å²) in [5.74, 6) is 0.717. The molecule has 148 valence electrons. The van der Waals surface area contributed by atoms with Crippen molar-refractivity contribution in [2.75, 3.05) is 11.0 Å². The van der Waals surface area contributed by atoms with E-state index in [9.17, 15) is 8.42 Å². The summed E-state index contributed by atoms with van der Waals surface area (Å²) in [5.41, 5.74) is 3.98. The molecule has 1 heterocycles. The number of para-hydroxylation sites is 2. The summed E-state index contributed by atoms with van der Waals surface area (Å²) >= 11 is 12.4. The van der Waals surface area contributed by atoms with Gasteiger partial charge < -0.3 is 4.57 Å². The lowest BCUT2D eigenvalue weighted by Gasteiger charge is -2.12. The molecular formula is C21H17Cl2N3O2S. The Morgan fingerprint density at radius 3 is 2.55 bits per heavy atom. The summed E-state index contributed by atoms with van der Waals surface area (Å²) in [6.07, 6.45) is 1.12. The number of benzene rings is 3. The zero-order valence-corrected chi connectivity index (χ0v) is 17.8. The number of sulfonamides is 1. The lowest BCUT2D eigenvalue weighted by atomic mass is 10.1. The van der Waals surface area contributed by atoms with Crippen molar-refractivity contribution in [1.29, 1.82) is 0 Å². The van der Waals surface area contributed by atoms with Gasteiger partial charge in [0.05, 0.1) is 23.8 Å². The molecule has 3 aromatic carbocycles. The second-order valence-electron chi connectivity index (χ2n) is 6.70. The zero-order valence-electron chi connectivity index (χ0n) is 15.4. The van der Waals surface area contributed by atoms with Crippen LogP contribution in [0.5, 0.6) is 0 Å². The van der Waals surface area contributed by atoms with Crippen molar-refractivity contribution in [3.8, 4) is 11.4 Å². The average Bonchev–Trinajstić information content (AvgIpc) is 3.01. The highest BCUT2D eigenvalue weighted by Gasteiger charge is 2.15. The van der Waals surface area contributed by atoms with Crippen LogP contribution in [0.2, 0.25) is 10.0 Å². The van der Waals surface area contributed by atoms with Gasteiger partial charge in [-0.3, -0.25) is 4.72 Å². The number of nitrogens with zero attached hydrogens (tertiary/aromatic N) is 2. The fourth-order valence-corrected chi connectivity index (χ4v) is 4.24. The van der Waals surface area contributed by atoms with Crippen LogP contribution in [0.3, 0.4) is 0 Å². The average molecular weight is 446 g/mol. The fourth-order valence-electron chi connectivity index (χ4n) is 3.21. The van der Waals surface area contributed by atoms with E-state index in [0.29, 0.717) is 22.3 Å². The first-order chi connectivity index (χ1) is 13.8. The number of halogens is 2. The van der Waals surface area contributed by atoms with Gasteiger partial charge in [0.1, 0.15) is 5.82 Å². The first kappa shape index (κ1) is 19.8. The van der Waals surface area contributed by atoms with Crippen LogP contribution in [-0.4, -0.2) is 24.2 Å². The molecule has 29 heavy (non-hydrogen) atoms. The van der Waals surface area contributed by atoms with Crippen LogP contribution in [0.4, 0.5) is 5.69 Å². The van der Waals surface area contributed by atoms with Gasteiger partial charge >= 0.3 is 0 Å². The topological polar surface area (TPSA) is 64.0 Å². The second-order valence-corrected chi connectivity index (χ2v) is 9.29. The van der Waals surface area contributed by atoms with Crippen LogP contribution in [0.25, 0.3) is 22.4 Å². The van der Waals surface area contributed by atoms with Crippen molar-refractivity contribution in [2.24, 2.45) is 0 Å². The molecule has 0 saturated heterocycles. The summed E-state index contributed by atoms with van der Waals surface area (Å²) < 4.78 is 27.8. The summed E-state index contributed by atoms with van der Waals surface area (Å²) in [6, 6.07) is 20.4. The highest BCUT2D eigenvalue weighted by Crippen LogP contribution is 2.30. The molecule has 0 aliphatic carbocycles. The Kier molecular flexibility index (Phi) is 5.25. The van der Waals surface area contributed by atoms with E-state index < -0.39 is 10.0 Å². The molecule has 8 heteroatoms. The van der Waals surface area contributed by atoms with E-state index in [2.05, 4.69) is 9.29 Å². The minimum absolute atomic E-state index is 0.480. The molecule has 0 aliphatic rings. The van der Waals surface area contributed by atoms with Crippen LogP contribution in [0.1, 0.15) is 5.56 Å². The van der Waals surface area contributed by atoms with Gasteiger partial charge in [0.2, 0.25) is 10.0 Å². The maximum Gasteiger partial charge on any atom is 0.229 e. The molecule has 4 rings (SSSR count). The van der Waals surface area contributed by atoms with Crippen molar-refractivity contribution < 1.29 is 8.42 Å². The summed E-state index contributed by atoms with van der Waals surface area (Å²) in [6.45, 7) is 0.496. The van der Waals surface area contributed by atoms with Gasteiger partial charge in [0, 0.05) is 21.3 Å². The van der Waals surface area contributed by atoms with Crippen molar-refractivity contribution in [2.45, 2.75) is 6.54 Å². The van der Waals surface area contributed by atoms with E-state index in [0.717, 1.165) is 34.2 Å². The van der Waals surface area contributed by atoms with Crippen molar-refractivity contribution in [3.05, 3.63) is 82.3 Å². The largest absolute Gasteiger partial charge is 0.319 e. The molecule has 4 aromatic rings. The predicted octanol–water partition coefficient (Wildman–Crippen LogP) is 5.43. The number of rotatable bonds is 5. The Hall–Kier alpha value is -2.54. The van der Waals surface area contributed by atoms with Gasteiger partial charge in [-0.25, -0.2) is 13.4 Å².